The molecule has 0 aromatic rings. The Balaban J connectivity index is 2.28. The lowest BCUT2D eigenvalue weighted by Gasteiger charge is -2.20. The van der Waals surface area contributed by atoms with Crippen LogP contribution in [0.1, 0.15) is 66.2 Å². The van der Waals surface area contributed by atoms with Crippen molar-refractivity contribution in [2.24, 2.45) is 0 Å². The van der Waals surface area contributed by atoms with Gasteiger partial charge in [-0.25, -0.2) is 9.59 Å². The van der Waals surface area contributed by atoms with E-state index < -0.39 is 12.0 Å². The third-order valence-corrected chi connectivity index (χ3v) is 5.92. The first kappa shape index (κ1) is 25.3. The normalized spacial score (nSPS) is 15.9. The zero-order chi connectivity index (χ0) is 21.6. The number of carboxylic acid groups (broad SMARTS) is 1. The number of carboxylic acids is 1. The van der Waals surface area contributed by atoms with E-state index in [0.717, 1.165) is 57.4 Å². The number of hydrogen-bond donors (Lipinski definition) is 2. The van der Waals surface area contributed by atoms with Crippen LogP contribution in [0.5, 0.6) is 0 Å². The molecule has 1 rings (SSSR count). The quantitative estimate of drug-likeness (QED) is 0.326. The zero-order valence-electron chi connectivity index (χ0n) is 18.5. The van der Waals surface area contributed by atoms with Crippen molar-refractivity contribution in [3.8, 4) is 0 Å². The first-order chi connectivity index (χ1) is 13.8. The second kappa shape index (κ2) is 14.3. The number of likely N-dealkylation sites (tertiary alicyclic amines) is 1. The highest BCUT2D eigenvalue weighted by Crippen LogP contribution is 2.13. The Kier molecular flexibility index (Phi) is 12.5. The Morgan fingerprint density at radius 3 is 2.17 bits per heavy atom. The number of carbonyl (C=O) groups is 2. The molecule has 0 aliphatic carbocycles. The summed E-state index contributed by atoms with van der Waals surface area (Å²) in [5.74, 6) is 0.167. The Labute approximate surface area is 180 Å². The van der Waals surface area contributed by atoms with E-state index in [1.807, 2.05) is 0 Å². The molecule has 0 radical (unpaired) electrons. The highest BCUT2D eigenvalue weighted by molar-refractivity contribution is 7.99. The Bertz CT molecular complexity index is 616. The molecule has 1 saturated heterocycles. The smallest absolute Gasteiger partial charge is 0.327 e. The predicted molar refractivity (Wildman–Crippen MR) is 124 cm³/mol. The van der Waals surface area contributed by atoms with Crippen LogP contribution in [0.2, 0.25) is 0 Å². The summed E-state index contributed by atoms with van der Waals surface area (Å²) in [5.41, 5.74) is 4.12. The van der Waals surface area contributed by atoms with E-state index in [9.17, 15) is 14.7 Å². The molecule has 1 aliphatic rings. The van der Waals surface area contributed by atoms with E-state index in [0.29, 0.717) is 5.75 Å². The topological polar surface area (TPSA) is 69.6 Å². The van der Waals surface area contributed by atoms with Crippen LogP contribution in [0, 0.1) is 0 Å². The van der Waals surface area contributed by atoms with Gasteiger partial charge in [0, 0.05) is 24.6 Å². The molecule has 0 saturated carbocycles. The molecule has 1 unspecified atom stereocenters. The van der Waals surface area contributed by atoms with Crippen LogP contribution in [0.3, 0.4) is 0 Å². The van der Waals surface area contributed by atoms with Crippen molar-refractivity contribution in [2.45, 2.75) is 72.3 Å². The number of urea groups is 1. The molecule has 0 spiro atoms. The van der Waals surface area contributed by atoms with Gasteiger partial charge in [0.15, 0.2) is 0 Å². The lowest BCUT2D eigenvalue weighted by atomic mass is 10.1. The standard InChI is InChI=1S/C23H38N2O3S/c1-18(2)9-7-10-19(3)11-8-12-20(4)13-16-29-17-21(22(26)27)24-23(28)25-14-5-6-15-25/h9,11,13,21H,5-8,10,12,14-17H2,1-4H3,(H,24,28)(H,26,27)/b19-11+,20-13+. The van der Waals surface area contributed by atoms with Gasteiger partial charge in [0.25, 0.3) is 0 Å². The van der Waals surface area contributed by atoms with Gasteiger partial charge in [-0.2, -0.15) is 11.8 Å². The van der Waals surface area contributed by atoms with Gasteiger partial charge in [-0.05, 0) is 66.2 Å². The summed E-state index contributed by atoms with van der Waals surface area (Å²) in [5, 5.41) is 12.0. The minimum Gasteiger partial charge on any atom is -0.480 e. The summed E-state index contributed by atoms with van der Waals surface area (Å²) in [6.45, 7) is 10.0. The first-order valence-corrected chi connectivity index (χ1v) is 11.8. The molecule has 164 valence electrons. The van der Waals surface area contributed by atoms with Crippen molar-refractivity contribution in [1.82, 2.24) is 10.2 Å². The maximum Gasteiger partial charge on any atom is 0.327 e. The van der Waals surface area contributed by atoms with Gasteiger partial charge in [0.2, 0.25) is 0 Å². The van der Waals surface area contributed by atoms with Gasteiger partial charge in [0.05, 0.1) is 0 Å². The Morgan fingerprint density at radius 2 is 1.59 bits per heavy atom. The fraction of sp³-hybridized carbons (Fsp3) is 0.652. The van der Waals surface area contributed by atoms with Crippen molar-refractivity contribution in [2.75, 3.05) is 24.6 Å². The van der Waals surface area contributed by atoms with Gasteiger partial charge in [0.1, 0.15) is 6.04 Å². The molecule has 1 aliphatic heterocycles. The summed E-state index contributed by atoms with van der Waals surface area (Å²) in [6.07, 6.45) is 13.0. The number of hydrogen-bond acceptors (Lipinski definition) is 3. The molecule has 0 bridgehead atoms. The second-order valence-electron chi connectivity index (χ2n) is 8.03. The van der Waals surface area contributed by atoms with Gasteiger partial charge in [-0.15, -0.1) is 0 Å². The number of nitrogens with one attached hydrogen (secondary N) is 1. The number of rotatable bonds is 12. The fourth-order valence-electron chi connectivity index (χ4n) is 3.06. The lowest BCUT2D eigenvalue weighted by molar-refractivity contribution is -0.138. The van der Waals surface area contributed by atoms with Crippen molar-refractivity contribution in [3.05, 3.63) is 34.9 Å². The molecule has 6 heteroatoms. The van der Waals surface area contributed by atoms with Gasteiger partial charge in [-0.1, -0.05) is 34.9 Å². The monoisotopic (exact) mass is 422 g/mol. The van der Waals surface area contributed by atoms with E-state index in [2.05, 4.69) is 51.2 Å². The van der Waals surface area contributed by atoms with Crippen molar-refractivity contribution in [3.63, 3.8) is 0 Å². The maximum atomic E-state index is 12.1. The number of thioether (sulfide) groups is 1. The highest BCUT2D eigenvalue weighted by atomic mass is 32.2. The summed E-state index contributed by atoms with van der Waals surface area (Å²) in [6, 6.07) is -1.10. The van der Waals surface area contributed by atoms with Crippen LogP contribution in [-0.4, -0.2) is 52.6 Å². The minimum atomic E-state index is -0.973. The minimum absolute atomic E-state index is 0.256. The summed E-state index contributed by atoms with van der Waals surface area (Å²) in [4.78, 5) is 25.2. The van der Waals surface area contributed by atoms with E-state index in [1.165, 1.54) is 16.7 Å². The molecule has 1 fully saturated rings. The summed E-state index contributed by atoms with van der Waals surface area (Å²) < 4.78 is 0. The number of aliphatic carboxylic acids is 1. The SMILES string of the molecule is CC(C)=CCC/C(C)=C/CC/C(C)=C/CSCC(NC(=O)N1CCCC1)C(=O)O. The third kappa shape index (κ3) is 11.8. The Hall–Kier alpha value is -1.69. The van der Waals surface area contributed by atoms with Crippen LogP contribution in [0.25, 0.3) is 0 Å². The van der Waals surface area contributed by atoms with Crippen LogP contribution in [0.4, 0.5) is 4.79 Å². The average molecular weight is 423 g/mol. The van der Waals surface area contributed by atoms with E-state index in [4.69, 9.17) is 0 Å². The molecular formula is C23H38N2O3S. The van der Waals surface area contributed by atoms with Crippen LogP contribution < -0.4 is 5.32 Å². The van der Waals surface area contributed by atoms with E-state index >= 15 is 0 Å². The number of allylic oxidation sites excluding steroid dienone is 5. The van der Waals surface area contributed by atoms with Crippen LogP contribution in [0.15, 0.2) is 34.9 Å². The van der Waals surface area contributed by atoms with Crippen molar-refractivity contribution < 1.29 is 14.7 Å². The fourth-order valence-corrected chi connectivity index (χ4v) is 4.06. The van der Waals surface area contributed by atoms with E-state index in [1.54, 1.807) is 16.7 Å². The molecule has 2 amide bonds. The van der Waals surface area contributed by atoms with Crippen LogP contribution in [-0.2, 0) is 4.79 Å². The first-order valence-electron chi connectivity index (χ1n) is 10.6. The van der Waals surface area contributed by atoms with E-state index in [-0.39, 0.29) is 6.03 Å². The molecule has 1 atom stereocenters. The molecule has 5 nitrogen and oxygen atoms in total. The summed E-state index contributed by atoms with van der Waals surface area (Å²) >= 11 is 1.54. The molecule has 1 heterocycles. The number of carbonyl (C=O) groups excluding carboxylic acids is 1. The number of nitrogens with zero attached hydrogens (tertiary/aromatic N) is 1. The highest BCUT2D eigenvalue weighted by Gasteiger charge is 2.24. The lowest BCUT2D eigenvalue weighted by Crippen LogP contribution is -2.48. The van der Waals surface area contributed by atoms with Crippen molar-refractivity contribution in [1.29, 1.82) is 0 Å². The number of amides is 2. The molecule has 29 heavy (non-hydrogen) atoms. The average Bonchev–Trinajstić information content (AvgIpc) is 3.18. The predicted octanol–water partition coefficient (Wildman–Crippen LogP) is 5.40. The third-order valence-electron chi connectivity index (χ3n) is 4.95. The zero-order valence-corrected chi connectivity index (χ0v) is 19.3. The molecule has 0 aromatic heterocycles. The Morgan fingerprint density at radius 1 is 1.00 bits per heavy atom. The van der Waals surface area contributed by atoms with Gasteiger partial charge >= 0.3 is 12.0 Å². The molecule has 0 aromatic carbocycles. The van der Waals surface area contributed by atoms with Crippen LogP contribution >= 0.6 is 11.8 Å². The maximum absolute atomic E-state index is 12.1. The molecular weight excluding hydrogens is 384 g/mol. The molecule has 2 N–H and O–H groups in total. The van der Waals surface area contributed by atoms with Gasteiger partial charge in [-0.3, -0.25) is 0 Å². The summed E-state index contributed by atoms with van der Waals surface area (Å²) in [7, 11) is 0. The van der Waals surface area contributed by atoms with Crippen molar-refractivity contribution >= 4 is 23.8 Å². The van der Waals surface area contributed by atoms with Gasteiger partial charge < -0.3 is 15.3 Å². The largest absolute Gasteiger partial charge is 0.480 e. The second-order valence-corrected chi connectivity index (χ2v) is 9.11.